The van der Waals surface area contributed by atoms with Crippen molar-refractivity contribution in [1.82, 2.24) is 14.5 Å². The lowest BCUT2D eigenvalue weighted by molar-refractivity contribution is -0.0339. The van der Waals surface area contributed by atoms with Crippen LogP contribution in [0.1, 0.15) is 6.92 Å². The number of ether oxygens (including phenoxy) is 1. The Kier molecular flexibility index (Phi) is 4.12. The summed E-state index contributed by atoms with van der Waals surface area (Å²) in [5.74, 6) is 0. The molecular formula is C14H18ClN3OS. The van der Waals surface area contributed by atoms with E-state index in [9.17, 15) is 0 Å². The second-order valence-electron chi connectivity index (χ2n) is 5.09. The number of hydrogen-bond acceptors (Lipinski definition) is 3. The molecule has 1 aliphatic heterocycles. The third-order valence-electron chi connectivity index (χ3n) is 3.79. The van der Waals surface area contributed by atoms with Crippen LogP contribution in [-0.2, 0) is 11.3 Å². The molecule has 2 aromatic rings. The van der Waals surface area contributed by atoms with E-state index in [1.165, 1.54) is 0 Å². The van der Waals surface area contributed by atoms with Crippen LogP contribution in [-0.4, -0.2) is 46.8 Å². The molecule has 1 N–H and O–H groups in total. The lowest BCUT2D eigenvalue weighted by atomic mass is 10.2. The minimum atomic E-state index is 0.185. The molecule has 1 aromatic carbocycles. The van der Waals surface area contributed by atoms with Gasteiger partial charge in [-0.1, -0.05) is 18.5 Å². The van der Waals surface area contributed by atoms with Gasteiger partial charge in [-0.3, -0.25) is 4.90 Å². The monoisotopic (exact) mass is 311 g/mol. The summed E-state index contributed by atoms with van der Waals surface area (Å²) in [7, 11) is 0. The van der Waals surface area contributed by atoms with Gasteiger partial charge in [0.1, 0.15) is 0 Å². The van der Waals surface area contributed by atoms with Crippen LogP contribution < -0.4 is 0 Å². The summed E-state index contributed by atoms with van der Waals surface area (Å²) < 4.78 is 8.69. The van der Waals surface area contributed by atoms with Crippen molar-refractivity contribution in [3.8, 4) is 0 Å². The van der Waals surface area contributed by atoms with Crippen molar-refractivity contribution in [3.63, 3.8) is 0 Å². The minimum Gasteiger partial charge on any atom is -0.374 e. The molecule has 0 bridgehead atoms. The van der Waals surface area contributed by atoms with Crippen LogP contribution in [0.15, 0.2) is 18.2 Å². The molecule has 0 spiro atoms. The zero-order valence-electron chi connectivity index (χ0n) is 11.4. The molecule has 4 nitrogen and oxygen atoms in total. The van der Waals surface area contributed by atoms with Crippen molar-refractivity contribution in [3.05, 3.63) is 28.0 Å². The van der Waals surface area contributed by atoms with Crippen molar-refractivity contribution in [2.75, 3.05) is 26.2 Å². The van der Waals surface area contributed by atoms with Gasteiger partial charge in [-0.2, -0.15) is 0 Å². The molecule has 1 fully saturated rings. The maximum Gasteiger partial charge on any atom is 0.178 e. The summed E-state index contributed by atoms with van der Waals surface area (Å²) in [6.45, 7) is 6.79. The fourth-order valence-electron chi connectivity index (χ4n) is 2.70. The average Bonchev–Trinajstić information content (AvgIpc) is 2.74. The standard InChI is InChI=1S/C14H18ClN3OS/c1-2-17-5-6-19-11(8-17)9-18-13-4-3-10(15)7-12(13)16-14(18)20/h3-4,7,11H,2,5-6,8-9H2,1H3,(H,16,20). The van der Waals surface area contributed by atoms with E-state index in [1.54, 1.807) is 0 Å². The largest absolute Gasteiger partial charge is 0.374 e. The Morgan fingerprint density at radius 1 is 1.50 bits per heavy atom. The van der Waals surface area contributed by atoms with Gasteiger partial charge < -0.3 is 14.3 Å². The predicted molar refractivity (Wildman–Crippen MR) is 84.0 cm³/mol. The van der Waals surface area contributed by atoms with Gasteiger partial charge >= 0.3 is 0 Å². The number of halogens is 1. The predicted octanol–water partition coefficient (Wildman–Crippen LogP) is 3.07. The van der Waals surface area contributed by atoms with Crippen molar-refractivity contribution < 1.29 is 4.74 Å². The lowest BCUT2D eigenvalue weighted by Crippen LogP contribution is -2.43. The molecule has 1 atom stereocenters. The van der Waals surface area contributed by atoms with Gasteiger partial charge in [0, 0.05) is 18.1 Å². The molecule has 0 amide bonds. The van der Waals surface area contributed by atoms with E-state index in [4.69, 9.17) is 28.6 Å². The number of likely N-dealkylation sites (N-methyl/N-ethyl adjacent to an activating group) is 1. The summed E-state index contributed by atoms with van der Waals surface area (Å²) >= 11 is 11.4. The molecule has 1 aliphatic rings. The molecule has 1 unspecified atom stereocenters. The van der Waals surface area contributed by atoms with E-state index >= 15 is 0 Å². The molecule has 0 radical (unpaired) electrons. The molecule has 20 heavy (non-hydrogen) atoms. The van der Waals surface area contributed by atoms with Gasteiger partial charge in [0.25, 0.3) is 0 Å². The number of rotatable bonds is 3. The van der Waals surface area contributed by atoms with Crippen LogP contribution in [0.3, 0.4) is 0 Å². The van der Waals surface area contributed by atoms with Gasteiger partial charge in [-0.25, -0.2) is 0 Å². The number of aromatic nitrogens is 2. The highest BCUT2D eigenvalue weighted by atomic mass is 35.5. The SMILES string of the molecule is CCN1CCOC(Cn2c(=S)[nH]c3cc(Cl)ccc32)C1. The summed E-state index contributed by atoms with van der Waals surface area (Å²) in [5.41, 5.74) is 2.06. The molecular weight excluding hydrogens is 294 g/mol. The Bertz CT molecular complexity index is 666. The summed E-state index contributed by atoms with van der Waals surface area (Å²) in [4.78, 5) is 5.61. The Morgan fingerprint density at radius 2 is 2.35 bits per heavy atom. The third-order valence-corrected chi connectivity index (χ3v) is 4.35. The number of nitrogens with one attached hydrogen (secondary N) is 1. The first kappa shape index (κ1) is 14.1. The molecule has 6 heteroatoms. The van der Waals surface area contributed by atoms with Crippen LogP contribution in [0.4, 0.5) is 0 Å². The van der Waals surface area contributed by atoms with Crippen molar-refractivity contribution in [2.45, 2.75) is 19.6 Å². The summed E-state index contributed by atoms with van der Waals surface area (Å²) in [6, 6.07) is 5.80. The number of aromatic amines is 1. The maximum atomic E-state index is 6.02. The summed E-state index contributed by atoms with van der Waals surface area (Å²) in [5, 5.41) is 0.715. The number of benzene rings is 1. The Hall–Kier alpha value is -0.880. The molecule has 108 valence electrons. The quantitative estimate of drug-likeness (QED) is 0.884. The van der Waals surface area contributed by atoms with Crippen LogP contribution in [0.5, 0.6) is 0 Å². The minimum absolute atomic E-state index is 0.185. The number of H-pyrrole nitrogens is 1. The number of imidazole rings is 1. The first-order valence-electron chi connectivity index (χ1n) is 6.89. The maximum absolute atomic E-state index is 6.02. The van der Waals surface area contributed by atoms with E-state index in [0.717, 1.165) is 48.6 Å². The zero-order chi connectivity index (χ0) is 14.1. The fourth-order valence-corrected chi connectivity index (χ4v) is 3.15. The number of morpholine rings is 1. The third kappa shape index (κ3) is 2.76. The van der Waals surface area contributed by atoms with E-state index < -0.39 is 0 Å². The second-order valence-corrected chi connectivity index (χ2v) is 5.91. The number of hydrogen-bond donors (Lipinski definition) is 1. The zero-order valence-corrected chi connectivity index (χ0v) is 13.0. The van der Waals surface area contributed by atoms with Gasteiger partial charge in [0.05, 0.1) is 30.3 Å². The van der Waals surface area contributed by atoms with Gasteiger partial charge in [-0.15, -0.1) is 0 Å². The smallest absolute Gasteiger partial charge is 0.178 e. The van der Waals surface area contributed by atoms with Crippen LogP contribution in [0.25, 0.3) is 11.0 Å². The second kappa shape index (κ2) is 5.85. The van der Waals surface area contributed by atoms with Crippen LogP contribution in [0, 0.1) is 4.77 Å². The van der Waals surface area contributed by atoms with Crippen LogP contribution >= 0.6 is 23.8 Å². The average molecular weight is 312 g/mol. The first-order valence-corrected chi connectivity index (χ1v) is 7.68. The normalized spacial score (nSPS) is 20.6. The summed E-state index contributed by atoms with van der Waals surface area (Å²) in [6.07, 6.45) is 0.185. The molecule has 2 heterocycles. The highest BCUT2D eigenvalue weighted by molar-refractivity contribution is 7.71. The number of nitrogens with zero attached hydrogens (tertiary/aromatic N) is 2. The first-order chi connectivity index (χ1) is 9.67. The van der Waals surface area contributed by atoms with E-state index in [0.29, 0.717) is 5.02 Å². The molecule has 1 saturated heterocycles. The molecule has 0 saturated carbocycles. The van der Waals surface area contributed by atoms with E-state index in [1.807, 2.05) is 18.2 Å². The van der Waals surface area contributed by atoms with Gasteiger partial charge in [0.2, 0.25) is 0 Å². The molecule has 0 aliphatic carbocycles. The number of fused-ring (bicyclic) bond motifs is 1. The van der Waals surface area contributed by atoms with Gasteiger partial charge in [0.15, 0.2) is 4.77 Å². The van der Waals surface area contributed by atoms with Crippen LogP contribution in [0.2, 0.25) is 5.02 Å². The van der Waals surface area contributed by atoms with Crippen molar-refractivity contribution in [2.24, 2.45) is 0 Å². The highest BCUT2D eigenvalue weighted by Crippen LogP contribution is 2.20. The molecule has 1 aromatic heterocycles. The Balaban J connectivity index is 1.87. The lowest BCUT2D eigenvalue weighted by Gasteiger charge is -2.32. The molecule has 3 rings (SSSR count). The van der Waals surface area contributed by atoms with Crippen molar-refractivity contribution in [1.29, 1.82) is 0 Å². The Morgan fingerprint density at radius 3 is 3.15 bits per heavy atom. The topological polar surface area (TPSA) is 33.2 Å². The Labute approximate surface area is 128 Å². The van der Waals surface area contributed by atoms with E-state index in [2.05, 4.69) is 21.4 Å². The van der Waals surface area contributed by atoms with Crippen molar-refractivity contribution >= 4 is 34.9 Å². The highest BCUT2D eigenvalue weighted by Gasteiger charge is 2.20. The van der Waals surface area contributed by atoms with E-state index in [-0.39, 0.29) is 6.10 Å². The van der Waals surface area contributed by atoms with Gasteiger partial charge in [-0.05, 0) is 37.0 Å². The fraction of sp³-hybridized carbons (Fsp3) is 0.500.